The van der Waals surface area contributed by atoms with Crippen LogP contribution in [0.5, 0.6) is 0 Å². The number of likely N-dealkylation sites (N-methyl/N-ethyl adjacent to an activating group) is 1. The number of nitrogens with one attached hydrogen (secondary N) is 1. The molecule has 1 N–H and O–H groups in total. The quantitative estimate of drug-likeness (QED) is 0.695. The summed E-state index contributed by atoms with van der Waals surface area (Å²) in [6.45, 7) is 0.596. The number of anilines is 1. The van der Waals surface area contributed by atoms with Gasteiger partial charge >= 0.3 is 6.18 Å². The van der Waals surface area contributed by atoms with Gasteiger partial charge in [-0.05, 0) is 47.6 Å². The molecule has 0 unspecified atom stereocenters. The highest BCUT2D eigenvalue weighted by Crippen LogP contribution is 2.33. The predicted octanol–water partition coefficient (Wildman–Crippen LogP) is 3.42. The van der Waals surface area contributed by atoms with Gasteiger partial charge in [0.25, 0.3) is 0 Å². The molecular formula is C17H16F3N5OS. The summed E-state index contributed by atoms with van der Waals surface area (Å²) in [4.78, 5) is 17.9. The van der Waals surface area contributed by atoms with Gasteiger partial charge in [-0.15, -0.1) is 0 Å². The van der Waals surface area contributed by atoms with E-state index >= 15 is 0 Å². The van der Waals surface area contributed by atoms with Crippen LogP contribution in [0.15, 0.2) is 47.7 Å². The number of carbonyl (C=O) groups excluding carboxylic acids is 1. The van der Waals surface area contributed by atoms with Crippen LogP contribution in [-0.4, -0.2) is 39.2 Å². The Morgan fingerprint density at radius 2 is 2.15 bits per heavy atom. The summed E-state index contributed by atoms with van der Waals surface area (Å²) < 4.78 is 40.4. The van der Waals surface area contributed by atoms with E-state index in [-0.39, 0.29) is 12.2 Å². The van der Waals surface area contributed by atoms with E-state index in [0.29, 0.717) is 12.2 Å². The molecule has 2 heterocycles. The highest BCUT2D eigenvalue weighted by Gasteiger charge is 2.31. The van der Waals surface area contributed by atoms with Crippen LogP contribution in [0.2, 0.25) is 0 Å². The van der Waals surface area contributed by atoms with Crippen LogP contribution in [0.25, 0.3) is 5.69 Å². The molecule has 2 aromatic heterocycles. The van der Waals surface area contributed by atoms with Crippen LogP contribution in [-0.2, 0) is 17.5 Å². The minimum absolute atomic E-state index is 0.0178. The molecule has 0 spiro atoms. The van der Waals surface area contributed by atoms with Crippen molar-refractivity contribution >= 4 is 22.9 Å². The first-order valence-corrected chi connectivity index (χ1v) is 8.83. The number of amides is 1. The van der Waals surface area contributed by atoms with Gasteiger partial charge in [0.1, 0.15) is 12.7 Å². The molecule has 0 radical (unpaired) electrons. The maximum atomic E-state index is 13.0. The second-order valence-corrected chi connectivity index (χ2v) is 6.70. The highest BCUT2D eigenvalue weighted by molar-refractivity contribution is 7.07. The third-order valence-corrected chi connectivity index (χ3v) is 4.44. The molecule has 27 heavy (non-hydrogen) atoms. The van der Waals surface area contributed by atoms with Gasteiger partial charge < -0.3 is 5.32 Å². The lowest BCUT2D eigenvalue weighted by Crippen LogP contribution is -2.30. The van der Waals surface area contributed by atoms with E-state index in [1.54, 1.807) is 23.3 Å². The Bertz CT molecular complexity index is 894. The lowest BCUT2D eigenvalue weighted by Gasteiger charge is -2.18. The number of nitrogens with zero attached hydrogens (tertiary/aromatic N) is 4. The Kier molecular flexibility index (Phi) is 5.57. The normalized spacial score (nSPS) is 11.7. The lowest BCUT2D eigenvalue weighted by molar-refractivity contribution is -0.137. The highest BCUT2D eigenvalue weighted by atomic mass is 32.1. The SMILES string of the molecule is CN(CC(=O)Nc1cc(C(F)(F)F)ccc1-n1cncn1)Cc1ccsc1. The number of hydrogen-bond acceptors (Lipinski definition) is 5. The van der Waals surface area contributed by atoms with Crippen LogP contribution >= 0.6 is 11.3 Å². The molecule has 0 saturated carbocycles. The fourth-order valence-corrected chi connectivity index (χ4v) is 3.19. The van der Waals surface area contributed by atoms with E-state index in [9.17, 15) is 18.0 Å². The molecule has 0 aliphatic rings. The number of alkyl halides is 3. The number of hydrogen-bond donors (Lipinski definition) is 1. The number of rotatable bonds is 6. The molecule has 0 fully saturated rings. The van der Waals surface area contributed by atoms with Crippen LogP contribution in [0.1, 0.15) is 11.1 Å². The molecule has 1 aromatic carbocycles. The second kappa shape index (κ2) is 7.89. The van der Waals surface area contributed by atoms with E-state index < -0.39 is 17.6 Å². The van der Waals surface area contributed by atoms with E-state index in [1.807, 2.05) is 16.8 Å². The summed E-state index contributed by atoms with van der Waals surface area (Å²) in [5.41, 5.74) is 0.532. The van der Waals surface area contributed by atoms with Crippen LogP contribution in [0, 0.1) is 0 Å². The summed E-state index contributed by atoms with van der Waals surface area (Å²) in [5, 5.41) is 10.4. The van der Waals surface area contributed by atoms with Gasteiger partial charge in [0, 0.05) is 6.54 Å². The third-order valence-electron chi connectivity index (χ3n) is 3.71. The zero-order chi connectivity index (χ0) is 19.4. The molecular weight excluding hydrogens is 379 g/mol. The fraction of sp³-hybridized carbons (Fsp3) is 0.235. The molecule has 0 saturated heterocycles. The largest absolute Gasteiger partial charge is 0.416 e. The summed E-state index contributed by atoms with van der Waals surface area (Å²) in [6.07, 6.45) is -1.91. The van der Waals surface area contributed by atoms with Crippen molar-refractivity contribution < 1.29 is 18.0 Å². The first-order valence-electron chi connectivity index (χ1n) is 7.88. The monoisotopic (exact) mass is 395 g/mol. The van der Waals surface area contributed by atoms with Crippen molar-refractivity contribution in [3.05, 3.63) is 58.8 Å². The van der Waals surface area contributed by atoms with Crippen molar-refractivity contribution in [2.75, 3.05) is 18.9 Å². The van der Waals surface area contributed by atoms with E-state index in [1.165, 1.54) is 23.4 Å². The zero-order valence-corrected chi connectivity index (χ0v) is 15.1. The molecule has 6 nitrogen and oxygen atoms in total. The Morgan fingerprint density at radius 1 is 1.33 bits per heavy atom. The van der Waals surface area contributed by atoms with Gasteiger partial charge in [0.15, 0.2) is 0 Å². The van der Waals surface area contributed by atoms with Gasteiger partial charge in [0.05, 0.1) is 23.5 Å². The fourth-order valence-electron chi connectivity index (χ4n) is 2.53. The summed E-state index contributed by atoms with van der Waals surface area (Å²) in [7, 11) is 1.77. The molecule has 0 bridgehead atoms. The standard InChI is InChI=1S/C17H16F3N5OS/c1-24(7-12-4-5-27-9-12)8-16(26)23-14-6-13(17(18,19)20)2-3-15(14)25-11-21-10-22-25/h2-6,9-11H,7-8H2,1H3,(H,23,26). The van der Waals surface area contributed by atoms with Crippen LogP contribution in [0.3, 0.4) is 0 Å². The molecule has 0 atom stereocenters. The van der Waals surface area contributed by atoms with Crippen LogP contribution in [0.4, 0.5) is 18.9 Å². The number of halogens is 3. The average Bonchev–Trinajstić information content (AvgIpc) is 3.27. The summed E-state index contributed by atoms with van der Waals surface area (Å²) >= 11 is 1.56. The molecule has 0 aliphatic carbocycles. The van der Waals surface area contributed by atoms with E-state index in [2.05, 4.69) is 15.4 Å². The van der Waals surface area contributed by atoms with Crippen LogP contribution < -0.4 is 5.32 Å². The zero-order valence-electron chi connectivity index (χ0n) is 14.3. The number of thiophene rings is 1. The minimum atomic E-state index is -4.52. The van der Waals surface area contributed by atoms with Crippen molar-refractivity contribution in [1.29, 1.82) is 0 Å². The number of benzene rings is 1. The Labute approximate surface area is 157 Å². The maximum Gasteiger partial charge on any atom is 0.416 e. The van der Waals surface area contributed by atoms with Crippen molar-refractivity contribution in [3.63, 3.8) is 0 Å². The minimum Gasteiger partial charge on any atom is -0.323 e. The summed E-state index contributed by atoms with van der Waals surface area (Å²) in [5.74, 6) is -0.423. The van der Waals surface area contributed by atoms with Gasteiger partial charge in [-0.1, -0.05) is 0 Å². The Balaban J connectivity index is 1.78. The smallest absolute Gasteiger partial charge is 0.323 e. The van der Waals surface area contributed by atoms with Gasteiger partial charge in [-0.25, -0.2) is 9.67 Å². The molecule has 142 valence electrons. The molecule has 3 rings (SSSR count). The van der Waals surface area contributed by atoms with Gasteiger partial charge in [0.2, 0.25) is 5.91 Å². The van der Waals surface area contributed by atoms with E-state index in [4.69, 9.17) is 0 Å². The first-order chi connectivity index (χ1) is 12.8. The number of carbonyl (C=O) groups is 1. The Morgan fingerprint density at radius 3 is 2.78 bits per heavy atom. The van der Waals surface area contributed by atoms with Gasteiger partial charge in [-0.2, -0.15) is 29.6 Å². The van der Waals surface area contributed by atoms with Crippen molar-refractivity contribution in [2.45, 2.75) is 12.7 Å². The maximum absolute atomic E-state index is 13.0. The third kappa shape index (κ3) is 4.92. The molecule has 0 aliphatic heterocycles. The average molecular weight is 395 g/mol. The van der Waals surface area contributed by atoms with Crippen molar-refractivity contribution in [3.8, 4) is 5.69 Å². The Hall–Kier alpha value is -2.72. The summed E-state index contributed by atoms with van der Waals surface area (Å²) in [6, 6.07) is 5.04. The second-order valence-electron chi connectivity index (χ2n) is 5.92. The topological polar surface area (TPSA) is 63.1 Å². The molecule has 1 amide bonds. The number of aromatic nitrogens is 3. The molecule has 10 heteroatoms. The van der Waals surface area contributed by atoms with Gasteiger partial charge in [-0.3, -0.25) is 9.69 Å². The van der Waals surface area contributed by atoms with Crippen molar-refractivity contribution in [2.24, 2.45) is 0 Å². The lowest BCUT2D eigenvalue weighted by atomic mass is 10.1. The van der Waals surface area contributed by atoms with E-state index in [0.717, 1.165) is 17.7 Å². The molecule has 3 aromatic rings. The first kappa shape index (κ1) is 19.1. The predicted molar refractivity (Wildman–Crippen MR) is 95.6 cm³/mol. The van der Waals surface area contributed by atoms with Crippen molar-refractivity contribution in [1.82, 2.24) is 19.7 Å².